The minimum atomic E-state index is -1.16. The molecule has 22 heavy (non-hydrogen) atoms. The van der Waals surface area contributed by atoms with Crippen LogP contribution in [-0.2, 0) is 4.74 Å². The van der Waals surface area contributed by atoms with E-state index in [0.29, 0.717) is 6.54 Å². The van der Waals surface area contributed by atoms with Gasteiger partial charge in [-0.1, -0.05) is 11.8 Å². The summed E-state index contributed by atoms with van der Waals surface area (Å²) in [5, 5.41) is 30.3. The average Bonchev–Trinajstić information content (AvgIpc) is 2.92. The van der Waals surface area contributed by atoms with Crippen LogP contribution in [0.15, 0.2) is 4.99 Å². The highest BCUT2D eigenvalue weighted by Gasteiger charge is 2.49. The summed E-state index contributed by atoms with van der Waals surface area (Å²) >= 11 is 1.40. The van der Waals surface area contributed by atoms with E-state index < -0.39 is 35.9 Å². The molecule has 0 aliphatic carbocycles. The molecule has 2 aliphatic rings. The van der Waals surface area contributed by atoms with Crippen molar-refractivity contribution in [3.8, 4) is 0 Å². The predicted octanol–water partition coefficient (Wildman–Crippen LogP) is -0.144. The molecule has 8 nitrogen and oxygen atoms in total. The first-order valence-corrected chi connectivity index (χ1v) is 8.22. The van der Waals surface area contributed by atoms with Gasteiger partial charge in [-0.15, -0.1) is 0 Å². The molecule has 0 aromatic rings. The summed E-state index contributed by atoms with van der Waals surface area (Å²) in [4.78, 5) is 18.6. The Kier molecular flexibility index (Phi) is 5.54. The van der Waals surface area contributed by atoms with E-state index in [1.165, 1.54) is 11.8 Å². The topological polar surface area (TPSA) is 106 Å². The summed E-state index contributed by atoms with van der Waals surface area (Å²) in [6.45, 7) is 4.79. The van der Waals surface area contributed by atoms with Gasteiger partial charge in [0.15, 0.2) is 5.17 Å². The normalized spacial score (nSPS) is 34.0. The highest BCUT2D eigenvalue weighted by Crippen LogP contribution is 2.37. The molecule has 0 aromatic heterocycles. The van der Waals surface area contributed by atoms with Crippen molar-refractivity contribution in [1.29, 1.82) is 0 Å². The number of hydrogen-bond donors (Lipinski definition) is 3. The molecular weight excluding hydrogens is 310 g/mol. The standard InChI is InChI=1S/C13H23N3O5S/c1-4-15(3)12-14-8-10(18)9(17)7(21-11(8)22-12)6-16(5-2)13(19)20/h7-11,17-18H,4-6H2,1-3H3,(H,19,20)/t7-,8-,9-,10-,11-/m1/s1. The maximum absolute atomic E-state index is 11.1. The second-order valence-corrected chi connectivity index (χ2v) is 6.45. The molecule has 1 amide bonds. The lowest BCUT2D eigenvalue weighted by Crippen LogP contribution is -2.58. The number of aliphatic imine (C=N–C) groups is 1. The molecule has 1 saturated heterocycles. The number of carbonyl (C=O) groups is 1. The lowest BCUT2D eigenvalue weighted by molar-refractivity contribution is -0.156. The largest absolute Gasteiger partial charge is 0.465 e. The van der Waals surface area contributed by atoms with E-state index in [9.17, 15) is 15.0 Å². The molecule has 0 bridgehead atoms. The van der Waals surface area contributed by atoms with Gasteiger partial charge in [0.25, 0.3) is 0 Å². The highest BCUT2D eigenvalue weighted by molar-refractivity contribution is 8.14. The first kappa shape index (κ1) is 17.3. The summed E-state index contributed by atoms with van der Waals surface area (Å²) in [6.07, 6.45) is -4.06. The van der Waals surface area contributed by atoms with Crippen molar-refractivity contribution in [2.75, 3.05) is 26.7 Å². The Balaban J connectivity index is 2.07. The fourth-order valence-electron chi connectivity index (χ4n) is 2.45. The van der Waals surface area contributed by atoms with Crippen LogP contribution < -0.4 is 0 Å². The minimum absolute atomic E-state index is 0.0206. The van der Waals surface area contributed by atoms with Crippen LogP contribution in [0.1, 0.15) is 13.8 Å². The number of nitrogens with zero attached hydrogens (tertiary/aromatic N) is 3. The van der Waals surface area contributed by atoms with Gasteiger partial charge in [-0.3, -0.25) is 4.99 Å². The molecule has 0 aromatic carbocycles. The summed E-state index contributed by atoms with van der Waals surface area (Å²) in [6, 6.07) is -0.528. The summed E-state index contributed by atoms with van der Waals surface area (Å²) in [7, 11) is 1.90. The molecule has 1 fully saturated rings. The van der Waals surface area contributed by atoms with E-state index in [2.05, 4.69) is 4.99 Å². The van der Waals surface area contributed by atoms with Crippen molar-refractivity contribution >= 4 is 23.0 Å². The van der Waals surface area contributed by atoms with E-state index in [0.717, 1.165) is 16.6 Å². The monoisotopic (exact) mass is 333 g/mol. The smallest absolute Gasteiger partial charge is 0.407 e. The molecule has 126 valence electrons. The Morgan fingerprint density at radius 2 is 2.00 bits per heavy atom. The fraction of sp³-hybridized carbons (Fsp3) is 0.846. The summed E-state index contributed by atoms with van der Waals surface area (Å²) < 4.78 is 5.81. The third kappa shape index (κ3) is 3.32. The van der Waals surface area contributed by atoms with Crippen LogP contribution in [0, 0.1) is 0 Å². The molecule has 9 heteroatoms. The number of ether oxygens (including phenoxy) is 1. The van der Waals surface area contributed by atoms with Crippen molar-refractivity contribution in [3.05, 3.63) is 0 Å². The van der Waals surface area contributed by atoms with E-state index in [-0.39, 0.29) is 6.54 Å². The molecular formula is C13H23N3O5S. The van der Waals surface area contributed by atoms with E-state index >= 15 is 0 Å². The van der Waals surface area contributed by atoms with Crippen molar-refractivity contribution in [2.45, 2.75) is 43.6 Å². The number of amides is 1. The van der Waals surface area contributed by atoms with E-state index in [1.807, 2.05) is 18.9 Å². The molecule has 2 rings (SSSR count). The first-order chi connectivity index (χ1) is 10.4. The number of likely N-dealkylation sites (N-methyl/N-ethyl adjacent to an activating group) is 1. The molecule has 0 unspecified atom stereocenters. The second kappa shape index (κ2) is 7.03. The van der Waals surface area contributed by atoms with Crippen molar-refractivity contribution in [1.82, 2.24) is 9.80 Å². The van der Waals surface area contributed by atoms with Gasteiger partial charge in [0.2, 0.25) is 0 Å². The molecule has 3 N–H and O–H groups in total. The van der Waals surface area contributed by atoms with E-state index in [1.54, 1.807) is 6.92 Å². The molecule has 0 radical (unpaired) electrons. The van der Waals surface area contributed by atoms with Crippen LogP contribution in [0.4, 0.5) is 4.79 Å². The molecule has 0 saturated carbocycles. The molecule has 5 atom stereocenters. The summed E-state index contributed by atoms with van der Waals surface area (Å²) in [5.41, 5.74) is -0.403. The number of aliphatic hydroxyl groups excluding tert-OH is 2. The van der Waals surface area contributed by atoms with Crippen molar-refractivity contribution < 1.29 is 24.9 Å². The number of hydrogen-bond acceptors (Lipinski definition) is 7. The van der Waals surface area contributed by atoms with E-state index in [4.69, 9.17) is 9.84 Å². The fourth-order valence-corrected chi connectivity index (χ4v) is 3.71. The zero-order chi connectivity index (χ0) is 16.4. The first-order valence-electron chi connectivity index (χ1n) is 7.34. The van der Waals surface area contributed by atoms with Gasteiger partial charge < -0.3 is 29.9 Å². The van der Waals surface area contributed by atoms with Gasteiger partial charge in [-0.25, -0.2) is 4.79 Å². The van der Waals surface area contributed by atoms with Crippen LogP contribution in [0.3, 0.4) is 0 Å². The van der Waals surface area contributed by atoms with Crippen LogP contribution >= 0.6 is 11.8 Å². The van der Waals surface area contributed by atoms with Gasteiger partial charge >= 0.3 is 6.09 Å². The Morgan fingerprint density at radius 1 is 1.32 bits per heavy atom. The molecule has 2 heterocycles. The zero-order valence-electron chi connectivity index (χ0n) is 12.9. The lowest BCUT2D eigenvalue weighted by atomic mass is 9.98. The van der Waals surface area contributed by atoms with Crippen LogP contribution in [-0.4, -0.2) is 92.9 Å². The second-order valence-electron chi connectivity index (χ2n) is 5.38. The van der Waals surface area contributed by atoms with Crippen molar-refractivity contribution in [2.24, 2.45) is 4.99 Å². The van der Waals surface area contributed by atoms with Crippen molar-refractivity contribution in [3.63, 3.8) is 0 Å². The van der Waals surface area contributed by atoms with Gasteiger partial charge in [-0.2, -0.15) is 0 Å². The third-order valence-electron chi connectivity index (χ3n) is 4.00. The van der Waals surface area contributed by atoms with Crippen LogP contribution in [0.2, 0.25) is 0 Å². The van der Waals surface area contributed by atoms with Gasteiger partial charge in [0.1, 0.15) is 29.8 Å². The van der Waals surface area contributed by atoms with Gasteiger partial charge in [0.05, 0.1) is 6.54 Å². The quantitative estimate of drug-likeness (QED) is 0.657. The van der Waals surface area contributed by atoms with Gasteiger partial charge in [-0.05, 0) is 13.8 Å². The highest BCUT2D eigenvalue weighted by atomic mass is 32.2. The minimum Gasteiger partial charge on any atom is -0.465 e. The number of rotatable bonds is 4. The number of fused-ring (bicyclic) bond motifs is 1. The Morgan fingerprint density at radius 3 is 2.55 bits per heavy atom. The SMILES string of the molecule is CCN(C)C1=N[C@@H]2[C@@H](O)[C@H](O)[C@@H](CN(CC)C(=O)O)O[C@@H]2S1. The maximum atomic E-state index is 11.1. The average molecular weight is 333 g/mol. The Bertz CT molecular complexity index is 449. The maximum Gasteiger partial charge on any atom is 0.407 e. The number of carboxylic acid groups (broad SMARTS) is 1. The van der Waals surface area contributed by atoms with Crippen LogP contribution in [0.5, 0.6) is 0 Å². The number of aliphatic hydroxyl groups is 2. The summed E-state index contributed by atoms with van der Waals surface area (Å²) in [5.74, 6) is 0. The lowest BCUT2D eigenvalue weighted by Gasteiger charge is -2.39. The third-order valence-corrected chi connectivity index (χ3v) is 5.25. The van der Waals surface area contributed by atoms with Crippen LogP contribution in [0.25, 0.3) is 0 Å². The molecule has 0 spiro atoms. The Labute approximate surface area is 133 Å². The Hall–Kier alpha value is -1.03. The zero-order valence-corrected chi connectivity index (χ0v) is 13.7. The molecule has 2 aliphatic heterocycles. The number of thioether (sulfide) groups is 1. The predicted molar refractivity (Wildman–Crippen MR) is 83.1 cm³/mol. The number of amidine groups is 1. The van der Waals surface area contributed by atoms with Gasteiger partial charge in [0, 0.05) is 20.1 Å².